The number of ether oxygens (including phenoxy) is 1. The molecule has 1 heterocycles. The van der Waals surface area contributed by atoms with Gasteiger partial charge in [-0.1, -0.05) is 13.3 Å². The molecule has 0 saturated carbocycles. The van der Waals surface area contributed by atoms with E-state index in [0.717, 1.165) is 45.6 Å². The highest BCUT2D eigenvalue weighted by Crippen LogP contribution is 1.95. The fourth-order valence-electron chi connectivity index (χ4n) is 1.90. The van der Waals surface area contributed by atoms with Gasteiger partial charge in [-0.2, -0.15) is 0 Å². The van der Waals surface area contributed by atoms with E-state index in [1.807, 2.05) is 6.92 Å². The summed E-state index contributed by atoms with van der Waals surface area (Å²) >= 11 is 0. The van der Waals surface area contributed by atoms with Crippen LogP contribution in [0.5, 0.6) is 0 Å². The SMILES string of the molecule is CCCCOC(C)C(=O)NCCN1CCNCC1.Cl. The Bertz CT molecular complexity index is 236. The van der Waals surface area contributed by atoms with Gasteiger partial charge in [-0.15, -0.1) is 12.4 Å². The van der Waals surface area contributed by atoms with Gasteiger partial charge in [0.15, 0.2) is 0 Å². The molecule has 1 unspecified atom stereocenters. The lowest BCUT2D eigenvalue weighted by Crippen LogP contribution is -2.47. The zero-order valence-electron chi connectivity index (χ0n) is 12.1. The molecule has 0 aromatic heterocycles. The van der Waals surface area contributed by atoms with E-state index in [2.05, 4.69) is 22.5 Å². The van der Waals surface area contributed by atoms with Gasteiger partial charge >= 0.3 is 0 Å². The predicted molar refractivity (Wildman–Crippen MR) is 79.9 cm³/mol. The average molecular weight is 294 g/mol. The second kappa shape index (κ2) is 11.5. The molecule has 114 valence electrons. The normalized spacial score (nSPS) is 17.6. The van der Waals surface area contributed by atoms with E-state index in [-0.39, 0.29) is 24.4 Å². The van der Waals surface area contributed by atoms with E-state index in [4.69, 9.17) is 4.74 Å². The van der Waals surface area contributed by atoms with Crippen molar-refractivity contribution in [3.8, 4) is 0 Å². The minimum atomic E-state index is -0.334. The first kappa shape index (κ1) is 18.6. The fourth-order valence-corrected chi connectivity index (χ4v) is 1.90. The van der Waals surface area contributed by atoms with E-state index in [9.17, 15) is 4.79 Å². The zero-order valence-corrected chi connectivity index (χ0v) is 12.9. The maximum absolute atomic E-state index is 11.7. The Morgan fingerprint density at radius 3 is 2.74 bits per heavy atom. The number of nitrogens with zero attached hydrogens (tertiary/aromatic N) is 1. The topological polar surface area (TPSA) is 53.6 Å². The van der Waals surface area contributed by atoms with Crippen LogP contribution in [0.25, 0.3) is 0 Å². The van der Waals surface area contributed by atoms with Gasteiger partial charge in [0.2, 0.25) is 5.91 Å². The summed E-state index contributed by atoms with van der Waals surface area (Å²) in [7, 11) is 0. The highest BCUT2D eigenvalue weighted by Gasteiger charge is 2.13. The molecule has 2 N–H and O–H groups in total. The summed E-state index contributed by atoms with van der Waals surface area (Å²) in [5, 5.41) is 6.24. The lowest BCUT2D eigenvalue weighted by molar-refractivity contribution is -0.131. The van der Waals surface area contributed by atoms with Gasteiger partial charge < -0.3 is 15.4 Å². The molecule has 0 spiro atoms. The van der Waals surface area contributed by atoms with E-state index < -0.39 is 0 Å². The second-order valence-electron chi connectivity index (χ2n) is 4.75. The molecule has 0 aromatic carbocycles. The Kier molecular flexibility index (Phi) is 11.2. The third-order valence-corrected chi connectivity index (χ3v) is 3.17. The highest BCUT2D eigenvalue weighted by molar-refractivity contribution is 5.85. The number of piperazine rings is 1. The van der Waals surface area contributed by atoms with E-state index >= 15 is 0 Å². The number of carbonyl (C=O) groups excluding carboxylic acids is 1. The Morgan fingerprint density at radius 2 is 2.11 bits per heavy atom. The molecule has 0 radical (unpaired) electrons. The van der Waals surface area contributed by atoms with Crippen LogP contribution >= 0.6 is 12.4 Å². The molecular formula is C13H28ClN3O2. The van der Waals surface area contributed by atoms with Crippen molar-refractivity contribution < 1.29 is 9.53 Å². The molecule has 6 heteroatoms. The standard InChI is InChI=1S/C13H27N3O2.ClH/c1-3-4-11-18-12(2)13(17)15-7-10-16-8-5-14-6-9-16;/h12,14H,3-11H2,1-2H3,(H,15,17);1H. The van der Waals surface area contributed by atoms with Crippen molar-refractivity contribution in [3.63, 3.8) is 0 Å². The number of nitrogens with one attached hydrogen (secondary N) is 2. The number of hydrogen-bond donors (Lipinski definition) is 2. The van der Waals surface area contributed by atoms with Gasteiger partial charge in [-0.25, -0.2) is 0 Å². The number of hydrogen-bond acceptors (Lipinski definition) is 4. The molecule has 1 amide bonds. The minimum Gasteiger partial charge on any atom is -0.369 e. The Labute approximate surface area is 122 Å². The average Bonchev–Trinajstić information content (AvgIpc) is 2.40. The summed E-state index contributed by atoms with van der Waals surface area (Å²) < 4.78 is 5.45. The third kappa shape index (κ3) is 8.42. The van der Waals surface area contributed by atoms with Crippen molar-refractivity contribution in [1.29, 1.82) is 0 Å². The quantitative estimate of drug-likeness (QED) is 0.645. The smallest absolute Gasteiger partial charge is 0.248 e. The van der Waals surface area contributed by atoms with Gasteiger partial charge in [0.05, 0.1) is 0 Å². The van der Waals surface area contributed by atoms with Crippen molar-refractivity contribution in [3.05, 3.63) is 0 Å². The molecule has 1 atom stereocenters. The Hall–Kier alpha value is -0.360. The van der Waals surface area contributed by atoms with Crippen LogP contribution in [0.4, 0.5) is 0 Å². The molecule has 0 bridgehead atoms. The lowest BCUT2D eigenvalue weighted by atomic mass is 10.3. The van der Waals surface area contributed by atoms with Gasteiger partial charge in [-0.05, 0) is 13.3 Å². The van der Waals surface area contributed by atoms with Crippen molar-refractivity contribution in [2.75, 3.05) is 45.9 Å². The van der Waals surface area contributed by atoms with Crippen LogP contribution in [0, 0.1) is 0 Å². The van der Waals surface area contributed by atoms with Crippen LogP contribution < -0.4 is 10.6 Å². The summed E-state index contributed by atoms with van der Waals surface area (Å²) in [4.78, 5) is 14.1. The maximum Gasteiger partial charge on any atom is 0.248 e. The number of rotatable bonds is 8. The van der Waals surface area contributed by atoms with Gasteiger partial charge in [0.25, 0.3) is 0 Å². The predicted octanol–water partition coefficient (Wildman–Crippen LogP) is 0.635. The maximum atomic E-state index is 11.7. The molecular weight excluding hydrogens is 266 g/mol. The fraction of sp³-hybridized carbons (Fsp3) is 0.923. The number of unbranched alkanes of at least 4 members (excludes halogenated alkanes) is 1. The van der Waals surface area contributed by atoms with Crippen molar-refractivity contribution >= 4 is 18.3 Å². The summed E-state index contributed by atoms with van der Waals surface area (Å²) in [5.41, 5.74) is 0. The summed E-state index contributed by atoms with van der Waals surface area (Å²) in [6.07, 6.45) is 1.77. The Morgan fingerprint density at radius 1 is 1.42 bits per heavy atom. The van der Waals surface area contributed by atoms with Crippen LogP contribution in [0.2, 0.25) is 0 Å². The molecule has 1 aliphatic heterocycles. The first-order valence-electron chi connectivity index (χ1n) is 7.06. The van der Waals surface area contributed by atoms with E-state index in [0.29, 0.717) is 13.2 Å². The van der Waals surface area contributed by atoms with E-state index in [1.54, 1.807) is 0 Å². The number of halogens is 1. The van der Waals surface area contributed by atoms with Gasteiger partial charge in [-0.3, -0.25) is 9.69 Å². The third-order valence-electron chi connectivity index (χ3n) is 3.17. The first-order chi connectivity index (χ1) is 8.74. The molecule has 0 aromatic rings. The Balaban J connectivity index is 0.00000324. The van der Waals surface area contributed by atoms with Crippen LogP contribution in [-0.4, -0.2) is 62.8 Å². The molecule has 0 aliphatic carbocycles. The largest absolute Gasteiger partial charge is 0.369 e. The van der Waals surface area contributed by atoms with Crippen LogP contribution in [0.1, 0.15) is 26.7 Å². The molecule has 19 heavy (non-hydrogen) atoms. The lowest BCUT2D eigenvalue weighted by Gasteiger charge is -2.27. The monoisotopic (exact) mass is 293 g/mol. The molecule has 1 aliphatic rings. The highest BCUT2D eigenvalue weighted by atomic mass is 35.5. The number of carbonyl (C=O) groups is 1. The molecule has 1 rings (SSSR count). The van der Waals surface area contributed by atoms with E-state index in [1.165, 1.54) is 0 Å². The summed E-state index contributed by atoms with van der Waals surface area (Å²) in [6, 6.07) is 0. The summed E-state index contributed by atoms with van der Waals surface area (Å²) in [5.74, 6) is 0.00115. The first-order valence-corrected chi connectivity index (χ1v) is 7.06. The van der Waals surface area contributed by atoms with Crippen molar-refractivity contribution in [2.45, 2.75) is 32.8 Å². The number of amides is 1. The zero-order chi connectivity index (χ0) is 13.2. The second-order valence-corrected chi connectivity index (χ2v) is 4.75. The van der Waals surface area contributed by atoms with Crippen molar-refractivity contribution in [1.82, 2.24) is 15.5 Å². The molecule has 1 fully saturated rings. The van der Waals surface area contributed by atoms with Crippen LogP contribution in [-0.2, 0) is 9.53 Å². The summed E-state index contributed by atoms with van der Waals surface area (Å²) in [6.45, 7) is 10.5. The van der Waals surface area contributed by atoms with Crippen LogP contribution in [0.15, 0.2) is 0 Å². The minimum absolute atomic E-state index is 0. The molecule has 5 nitrogen and oxygen atoms in total. The van der Waals surface area contributed by atoms with Gasteiger partial charge in [0.1, 0.15) is 6.10 Å². The molecule has 1 saturated heterocycles. The van der Waals surface area contributed by atoms with Gasteiger partial charge in [0, 0.05) is 45.9 Å². The van der Waals surface area contributed by atoms with Crippen LogP contribution in [0.3, 0.4) is 0 Å². The van der Waals surface area contributed by atoms with Crippen molar-refractivity contribution in [2.24, 2.45) is 0 Å².